The predicted molar refractivity (Wildman–Crippen MR) is 136 cm³/mol. The second kappa shape index (κ2) is 11.7. The zero-order valence-electron chi connectivity index (χ0n) is 19.1. The number of nitrogens with one attached hydrogen (secondary N) is 4. The molecule has 11 heteroatoms. The third-order valence-electron chi connectivity index (χ3n) is 4.98. The molecule has 35 heavy (non-hydrogen) atoms. The van der Waals surface area contributed by atoms with Crippen LogP contribution in [0.15, 0.2) is 73.9 Å². The quantitative estimate of drug-likeness (QED) is 0.118. The zero-order chi connectivity index (χ0) is 25.4. The summed E-state index contributed by atoms with van der Waals surface area (Å²) in [6.07, 6.45) is 2.32. The number of hydrogen-bond acceptors (Lipinski definition) is 7. The van der Waals surface area contributed by atoms with Gasteiger partial charge in [0.1, 0.15) is 5.82 Å². The molecule has 2 heterocycles. The van der Waals surface area contributed by atoms with Gasteiger partial charge < -0.3 is 16.0 Å². The number of alkyl halides is 3. The first-order valence-electron chi connectivity index (χ1n) is 10.6. The molecule has 0 aliphatic heterocycles. The van der Waals surface area contributed by atoms with Crippen molar-refractivity contribution in [3.63, 3.8) is 0 Å². The number of nitrogens with zero attached hydrogens (tertiary/aromatic N) is 3. The number of aromatic nitrogens is 3. The van der Waals surface area contributed by atoms with Crippen molar-refractivity contribution >= 4 is 29.2 Å². The molecule has 2 aromatic heterocycles. The van der Waals surface area contributed by atoms with Crippen molar-refractivity contribution < 1.29 is 13.2 Å². The van der Waals surface area contributed by atoms with Crippen molar-refractivity contribution in [2.45, 2.75) is 12.7 Å². The van der Waals surface area contributed by atoms with Crippen molar-refractivity contribution in [2.24, 2.45) is 0 Å². The van der Waals surface area contributed by atoms with Crippen molar-refractivity contribution in [3.05, 3.63) is 85.0 Å². The second-order valence-electron chi connectivity index (χ2n) is 7.39. The van der Waals surface area contributed by atoms with Crippen molar-refractivity contribution in [2.75, 3.05) is 24.7 Å². The Bertz CT molecular complexity index is 1190. The highest BCUT2D eigenvalue weighted by molar-refractivity contribution is 7.97. The highest BCUT2D eigenvalue weighted by atomic mass is 32.2. The van der Waals surface area contributed by atoms with Gasteiger partial charge >= 0.3 is 6.18 Å². The maximum Gasteiger partial charge on any atom is 0.416 e. The van der Waals surface area contributed by atoms with E-state index in [4.69, 9.17) is 5.41 Å². The average molecular weight is 502 g/mol. The fourth-order valence-electron chi connectivity index (χ4n) is 3.21. The molecule has 4 N–H and O–H groups in total. The first-order valence-corrected chi connectivity index (χ1v) is 11.6. The molecule has 0 saturated carbocycles. The molecular weight excluding hydrogens is 475 g/mol. The number of pyridine rings is 1. The predicted octanol–water partition coefficient (Wildman–Crippen LogP) is 5.23. The monoisotopic (exact) mass is 501 g/mol. The average Bonchev–Trinajstić information content (AvgIpc) is 3.31. The van der Waals surface area contributed by atoms with E-state index in [1.54, 1.807) is 36.5 Å². The zero-order valence-corrected chi connectivity index (χ0v) is 19.9. The number of aryl methyl sites for hydroxylation is 1. The minimum absolute atomic E-state index is 0.151. The van der Waals surface area contributed by atoms with E-state index < -0.39 is 11.7 Å². The molecule has 0 radical (unpaired) electrons. The van der Waals surface area contributed by atoms with Gasteiger partial charge in [-0.05, 0) is 49.0 Å². The van der Waals surface area contributed by atoms with Gasteiger partial charge in [0.25, 0.3) is 0 Å². The molecule has 0 amide bonds. The highest BCUT2D eigenvalue weighted by Gasteiger charge is 2.30. The minimum atomic E-state index is -4.42. The van der Waals surface area contributed by atoms with E-state index in [0.29, 0.717) is 29.3 Å². The maximum atomic E-state index is 12.9. The van der Waals surface area contributed by atoms with Gasteiger partial charge in [0.2, 0.25) is 0 Å². The Hall–Kier alpha value is -3.57. The van der Waals surface area contributed by atoms with Crippen LogP contribution in [0.3, 0.4) is 0 Å². The first-order chi connectivity index (χ1) is 16.7. The smallest absolute Gasteiger partial charge is 0.380 e. The Labute approximate surface area is 206 Å². The lowest BCUT2D eigenvalue weighted by Crippen LogP contribution is -2.23. The summed E-state index contributed by atoms with van der Waals surface area (Å²) in [4.78, 5) is 4.38. The number of anilines is 2. The van der Waals surface area contributed by atoms with Crippen molar-refractivity contribution in [3.8, 4) is 11.1 Å². The van der Waals surface area contributed by atoms with Gasteiger partial charge in [0, 0.05) is 40.7 Å². The topological polar surface area (TPSA) is 90.7 Å². The second-order valence-corrected chi connectivity index (χ2v) is 8.49. The molecule has 0 saturated heterocycles. The summed E-state index contributed by atoms with van der Waals surface area (Å²) in [6, 6.07) is 6.45. The van der Waals surface area contributed by atoms with Gasteiger partial charge in [-0.15, -0.1) is 0 Å². The Balaban J connectivity index is 1.96. The molecule has 3 rings (SSSR count). The highest BCUT2D eigenvalue weighted by Crippen LogP contribution is 2.32. The largest absolute Gasteiger partial charge is 0.416 e. The van der Waals surface area contributed by atoms with E-state index in [0.717, 1.165) is 29.0 Å². The lowest BCUT2D eigenvalue weighted by molar-refractivity contribution is -0.137. The summed E-state index contributed by atoms with van der Waals surface area (Å²) in [6.45, 7) is 8.31. The summed E-state index contributed by atoms with van der Waals surface area (Å²) in [5, 5.41) is 19.2. The number of hydrogen-bond donors (Lipinski definition) is 4. The molecule has 0 spiro atoms. The normalized spacial score (nSPS) is 11.2. The molecule has 184 valence electrons. The molecule has 0 atom stereocenters. The standard InChI is InChI=1S/C24H26F3N7S/c1-4-16(2)31-14-21(28)22-20(17-13-32-34(15-17)11-12-35-29-3)9-10-30-23(22)33-19-7-5-18(6-8-19)24(25,26)27/h4-10,13,15,28-29,31H,1-2,11-12,14H2,3H3,(H,30,33). The summed E-state index contributed by atoms with van der Waals surface area (Å²) >= 11 is 1.57. The lowest BCUT2D eigenvalue weighted by Gasteiger charge is -2.17. The van der Waals surface area contributed by atoms with Crippen LogP contribution in [-0.2, 0) is 12.7 Å². The van der Waals surface area contributed by atoms with Crippen LogP contribution < -0.4 is 15.4 Å². The molecule has 3 aromatic rings. The first kappa shape index (κ1) is 26.0. The maximum absolute atomic E-state index is 12.9. The van der Waals surface area contributed by atoms with Crippen LogP contribution in [0, 0.1) is 5.41 Å². The Morgan fingerprint density at radius 1 is 1.23 bits per heavy atom. The van der Waals surface area contributed by atoms with Crippen LogP contribution in [0.1, 0.15) is 11.1 Å². The van der Waals surface area contributed by atoms with E-state index in [1.165, 1.54) is 12.1 Å². The summed E-state index contributed by atoms with van der Waals surface area (Å²) in [5.41, 5.74) is 2.46. The SMILES string of the molecule is C=CC(=C)NCC(=N)c1c(-c2cnn(CCSNC)c2)ccnc1Nc1ccc(C(F)(F)F)cc1. The summed E-state index contributed by atoms with van der Waals surface area (Å²) < 4.78 is 43.7. The third-order valence-corrected chi connectivity index (χ3v) is 5.65. The summed E-state index contributed by atoms with van der Waals surface area (Å²) in [7, 11) is 1.86. The minimum Gasteiger partial charge on any atom is -0.380 e. The Morgan fingerprint density at radius 2 is 1.97 bits per heavy atom. The van der Waals surface area contributed by atoms with E-state index in [1.807, 2.05) is 17.9 Å². The number of rotatable bonds is 12. The molecular formula is C24H26F3N7S. The number of allylic oxidation sites excluding steroid dienone is 1. The lowest BCUT2D eigenvalue weighted by atomic mass is 9.99. The third kappa shape index (κ3) is 6.96. The molecule has 0 fully saturated rings. The van der Waals surface area contributed by atoms with E-state index in [9.17, 15) is 13.2 Å². The molecule has 7 nitrogen and oxygen atoms in total. The molecule has 1 aromatic carbocycles. The van der Waals surface area contributed by atoms with Crippen LogP contribution in [0.25, 0.3) is 11.1 Å². The van der Waals surface area contributed by atoms with Crippen LogP contribution in [0.2, 0.25) is 0 Å². The van der Waals surface area contributed by atoms with Crippen LogP contribution in [-0.4, -0.2) is 39.8 Å². The molecule has 0 aliphatic carbocycles. The van der Waals surface area contributed by atoms with E-state index >= 15 is 0 Å². The van der Waals surface area contributed by atoms with Crippen LogP contribution in [0.5, 0.6) is 0 Å². The van der Waals surface area contributed by atoms with Gasteiger partial charge in [-0.1, -0.05) is 25.1 Å². The van der Waals surface area contributed by atoms with Crippen molar-refractivity contribution in [1.82, 2.24) is 24.8 Å². The molecule has 0 aliphatic rings. The number of benzene rings is 1. The number of halogens is 3. The van der Waals surface area contributed by atoms with Crippen LogP contribution in [0.4, 0.5) is 24.7 Å². The van der Waals surface area contributed by atoms with Gasteiger partial charge in [-0.2, -0.15) is 18.3 Å². The molecule has 0 bridgehead atoms. The Kier molecular flexibility index (Phi) is 8.72. The van der Waals surface area contributed by atoms with E-state index in [-0.39, 0.29) is 12.3 Å². The van der Waals surface area contributed by atoms with Gasteiger partial charge in [0.05, 0.1) is 30.6 Å². The van der Waals surface area contributed by atoms with Gasteiger partial charge in [-0.25, -0.2) is 4.98 Å². The van der Waals surface area contributed by atoms with Crippen molar-refractivity contribution in [1.29, 1.82) is 5.41 Å². The fourth-order valence-corrected chi connectivity index (χ4v) is 3.69. The van der Waals surface area contributed by atoms with E-state index in [2.05, 4.69) is 38.6 Å². The summed E-state index contributed by atoms with van der Waals surface area (Å²) in [5.74, 6) is 1.17. The Morgan fingerprint density at radius 3 is 2.63 bits per heavy atom. The fraction of sp³-hybridized carbons (Fsp3) is 0.208. The molecule has 0 unspecified atom stereocenters. The van der Waals surface area contributed by atoms with Gasteiger partial charge in [-0.3, -0.25) is 9.40 Å². The van der Waals surface area contributed by atoms with Gasteiger partial charge in [0.15, 0.2) is 0 Å². The van der Waals surface area contributed by atoms with Crippen LogP contribution >= 0.6 is 11.9 Å².